The molecule has 3 N–H and O–H groups in total. The van der Waals surface area contributed by atoms with E-state index < -0.39 is 23.9 Å². The topological polar surface area (TPSA) is 136 Å². The summed E-state index contributed by atoms with van der Waals surface area (Å²) < 4.78 is 59.6. The van der Waals surface area contributed by atoms with Gasteiger partial charge < -0.3 is 15.7 Å². The number of carbonyl (C=O) groups is 2. The van der Waals surface area contributed by atoms with Crippen molar-refractivity contribution in [3.8, 4) is 16.9 Å². The Morgan fingerprint density at radius 2 is 1.79 bits per heavy atom. The lowest BCUT2D eigenvalue weighted by Gasteiger charge is -2.26. The summed E-state index contributed by atoms with van der Waals surface area (Å²) in [4.78, 5) is 39.5. The highest BCUT2D eigenvalue weighted by atomic mass is 19.4. The van der Waals surface area contributed by atoms with Crippen LogP contribution in [0, 0.1) is 6.92 Å². The van der Waals surface area contributed by atoms with Gasteiger partial charge in [-0.3, -0.25) is 4.79 Å². The molecule has 15 heteroatoms. The Morgan fingerprint density at radius 1 is 1.13 bits per heavy atom. The molecule has 1 amide bonds. The van der Waals surface area contributed by atoms with Crippen molar-refractivity contribution < 1.29 is 36.6 Å². The Balaban J connectivity index is 0.000000532. The molecular formula is C24H23F5N6O4. The normalized spacial score (nSPS) is 12.9. The van der Waals surface area contributed by atoms with Crippen molar-refractivity contribution in [1.29, 1.82) is 0 Å². The van der Waals surface area contributed by atoms with Crippen LogP contribution in [0.3, 0.4) is 0 Å². The molecule has 0 fully saturated rings. The number of hydrogen-bond acceptors (Lipinski definition) is 6. The number of carbonyl (C=O) groups excluding carboxylic acids is 1. The molecule has 0 radical (unpaired) electrons. The number of carboxylic acid groups (broad SMARTS) is 1. The van der Waals surface area contributed by atoms with Crippen LogP contribution in [-0.4, -0.2) is 56.1 Å². The van der Waals surface area contributed by atoms with Crippen LogP contribution in [0.25, 0.3) is 16.9 Å². The van der Waals surface area contributed by atoms with Gasteiger partial charge in [0.05, 0.1) is 6.54 Å². The van der Waals surface area contributed by atoms with Gasteiger partial charge in [-0.25, -0.2) is 23.8 Å². The summed E-state index contributed by atoms with van der Waals surface area (Å²) >= 11 is 0. The highest BCUT2D eigenvalue weighted by Gasteiger charge is 2.38. The zero-order valence-corrected chi connectivity index (χ0v) is 20.7. The van der Waals surface area contributed by atoms with Crippen molar-refractivity contribution >= 4 is 17.6 Å². The van der Waals surface area contributed by atoms with Crippen LogP contribution in [-0.2, 0) is 22.6 Å². The van der Waals surface area contributed by atoms with Gasteiger partial charge in [0.1, 0.15) is 12.1 Å². The molecule has 0 saturated heterocycles. The van der Waals surface area contributed by atoms with Crippen molar-refractivity contribution in [2.45, 2.75) is 32.5 Å². The second-order valence-electron chi connectivity index (χ2n) is 8.47. The number of benzene rings is 1. The first-order chi connectivity index (χ1) is 18.2. The van der Waals surface area contributed by atoms with Crippen LogP contribution in [0.5, 0.6) is 0 Å². The zero-order valence-electron chi connectivity index (χ0n) is 20.7. The van der Waals surface area contributed by atoms with Gasteiger partial charge in [-0.2, -0.15) is 27.1 Å². The van der Waals surface area contributed by atoms with Gasteiger partial charge in [0.15, 0.2) is 0 Å². The molecule has 3 aromatic rings. The van der Waals surface area contributed by atoms with Crippen molar-refractivity contribution in [3.05, 3.63) is 70.1 Å². The van der Waals surface area contributed by atoms with E-state index in [1.165, 1.54) is 10.9 Å². The van der Waals surface area contributed by atoms with Gasteiger partial charge in [-0.05, 0) is 48.2 Å². The highest BCUT2D eigenvalue weighted by Crippen LogP contribution is 2.31. The molecule has 208 valence electrons. The minimum Gasteiger partial charge on any atom is -0.475 e. The molecule has 0 aliphatic carbocycles. The third kappa shape index (κ3) is 6.54. The van der Waals surface area contributed by atoms with Crippen molar-refractivity contribution in [3.63, 3.8) is 0 Å². The standard InChI is InChI=1S/C22H22F2N6O2.C2HF3O2/c1-13-7-16(14-3-5-18-15(8-14)4-6-19(31)28(18)2)10-26-21(13)29-12-27-30(22(29)32)11-17(9-25)20(23)24;3-2(4,5)1(6)7/h3,5,7-8,10,12H,4,6,9,11,25H2,1-2H3;(H,6,7). The first kappa shape index (κ1) is 29.2. The van der Waals surface area contributed by atoms with Crippen LogP contribution in [0.1, 0.15) is 17.5 Å². The predicted octanol–water partition coefficient (Wildman–Crippen LogP) is 3.06. The lowest BCUT2D eigenvalue weighted by Crippen LogP contribution is -2.30. The number of rotatable bonds is 5. The number of aromatic nitrogens is 4. The van der Waals surface area contributed by atoms with E-state index in [0.29, 0.717) is 18.7 Å². The van der Waals surface area contributed by atoms with E-state index in [9.17, 15) is 31.5 Å². The lowest BCUT2D eigenvalue weighted by molar-refractivity contribution is -0.192. The van der Waals surface area contributed by atoms with E-state index in [1.54, 1.807) is 18.1 Å². The number of fused-ring (bicyclic) bond motifs is 1. The van der Waals surface area contributed by atoms with Gasteiger partial charge in [-0.1, -0.05) is 6.07 Å². The molecule has 3 heterocycles. The summed E-state index contributed by atoms with van der Waals surface area (Å²) in [5.41, 5.74) is 8.92. The third-order valence-electron chi connectivity index (χ3n) is 5.87. The third-order valence-corrected chi connectivity index (χ3v) is 5.87. The van der Waals surface area contributed by atoms with E-state index in [-0.39, 0.29) is 24.6 Å². The minimum atomic E-state index is -5.08. The first-order valence-electron chi connectivity index (χ1n) is 11.3. The smallest absolute Gasteiger partial charge is 0.475 e. The van der Waals surface area contributed by atoms with Crippen LogP contribution in [0.4, 0.5) is 27.6 Å². The number of amides is 1. The van der Waals surface area contributed by atoms with Crippen molar-refractivity contribution in [1.82, 2.24) is 19.3 Å². The van der Waals surface area contributed by atoms with E-state index in [1.807, 2.05) is 31.2 Å². The van der Waals surface area contributed by atoms with Gasteiger partial charge >= 0.3 is 17.8 Å². The maximum Gasteiger partial charge on any atom is 0.490 e. The summed E-state index contributed by atoms with van der Waals surface area (Å²) in [7, 11) is 1.77. The molecule has 0 unspecified atom stereocenters. The molecule has 1 aromatic carbocycles. The molecule has 10 nitrogen and oxygen atoms in total. The molecule has 0 spiro atoms. The van der Waals surface area contributed by atoms with E-state index in [2.05, 4.69) is 10.1 Å². The number of halogens is 5. The summed E-state index contributed by atoms with van der Waals surface area (Å²) in [6.07, 6.45) is -2.92. The second kappa shape index (κ2) is 11.6. The Bertz CT molecular complexity index is 1490. The van der Waals surface area contributed by atoms with Crippen LogP contribution >= 0.6 is 0 Å². The fourth-order valence-electron chi connectivity index (χ4n) is 3.79. The molecule has 1 aliphatic rings. The Labute approximate surface area is 217 Å². The summed E-state index contributed by atoms with van der Waals surface area (Å²) in [6.45, 7) is 1.07. The number of anilines is 1. The summed E-state index contributed by atoms with van der Waals surface area (Å²) in [6, 6.07) is 7.80. The molecular weight excluding hydrogens is 531 g/mol. The quantitative estimate of drug-likeness (QED) is 0.463. The lowest BCUT2D eigenvalue weighted by atomic mass is 9.96. The fourth-order valence-corrected chi connectivity index (χ4v) is 3.79. The number of carboxylic acids is 1. The summed E-state index contributed by atoms with van der Waals surface area (Å²) in [5, 5.41) is 11.0. The summed E-state index contributed by atoms with van der Waals surface area (Å²) in [5.74, 6) is -2.29. The number of aliphatic carboxylic acids is 1. The molecule has 0 bridgehead atoms. The molecule has 0 saturated carbocycles. The molecule has 2 aromatic heterocycles. The first-order valence-corrected chi connectivity index (χ1v) is 11.3. The average Bonchev–Trinajstić information content (AvgIpc) is 3.23. The highest BCUT2D eigenvalue weighted by molar-refractivity contribution is 5.96. The van der Waals surface area contributed by atoms with Gasteiger partial charge in [0, 0.05) is 43.0 Å². The number of nitrogens with zero attached hydrogens (tertiary/aromatic N) is 5. The van der Waals surface area contributed by atoms with Crippen molar-refractivity contribution in [2.24, 2.45) is 5.73 Å². The number of pyridine rings is 1. The SMILES string of the molecule is Cc1cc(-c2ccc3c(c2)CCC(=O)N3C)cnc1-n1cnn(CC(CN)=C(F)F)c1=O.O=C(O)C(F)(F)F. The Hall–Kier alpha value is -4.40. The fraction of sp³-hybridized carbons (Fsp3) is 0.292. The molecule has 39 heavy (non-hydrogen) atoms. The van der Waals surface area contributed by atoms with Crippen LogP contribution < -0.4 is 16.3 Å². The van der Waals surface area contributed by atoms with E-state index in [0.717, 1.165) is 32.6 Å². The van der Waals surface area contributed by atoms with E-state index >= 15 is 0 Å². The van der Waals surface area contributed by atoms with Gasteiger partial charge in [0.2, 0.25) is 5.91 Å². The van der Waals surface area contributed by atoms with Crippen LogP contribution in [0.15, 0.2) is 53.2 Å². The molecule has 4 rings (SSSR count). The number of nitrogens with two attached hydrogens (primary N) is 1. The van der Waals surface area contributed by atoms with Gasteiger partial charge in [0.25, 0.3) is 6.08 Å². The second-order valence-corrected chi connectivity index (χ2v) is 8.47. The minimum absolute atomic E-state index is 0.0985. The Morgan fingerprint density at radius 3 is 2.36 bits per heavy atom. The average molecular weight is 554 g/mol. The number of hydrogen-bond donors (Lipinski definition) is 2. The maximum atomic E-state index is 12.9. The molecule has 1 aliphatic heterocycles. The Kier molecular flexibility index (Phi) is 8.64. The zero-order chi connectivity index (χ0) is 29.1. The number of aryl methyl sites for hydroxylation is 2. The molecule has 0 atom stereocenters. The van der Waals surface area contributed by atoms with Gasteiger partial charge in [-0.15, -0.1) is 0 Å². The number of alkyl halides is 3. The van der Waals surface area contributed by atoms with Crippen molar-refractivity contribution in [2.75, 3.05) is 18.5 Å². The largest absolute Gasteiger partial charge is 0.490 e. The predicted molar refractivity (Wildman–Crippen MR) is 130 cm³/mol. The monoisotopic (exact) mass is 554 g/mol. The maximum absolute atomic E-state index is 12.9. The van der Waals surface area contributed by atoms with Crippen LogP contribution in [0.2, 0.25) is 0 Å². The van der Waals surface area contributed by atoms with E-state index in [4.69, 9.17) is 15.6 Å².